The molecule has 0 N–H and O–H groups in total. The lowest BCUT2D eigenvalue weighted by molar-refractivity contribution is -0.132. The topological polar surface area (TPSA) is 63.9 Å². The third-order valence-corrected chi connectivity index (χ3v) is 5.98. The lowest BCUT2D eigenvalue weighted by atomic mass is 9.93. The highest BCUT2D eigenvalue weighted by Crippen LogP contribution is 2.30. The van der Waals surface area contributed by atoms with E-state index in [0.29, 0.717) is 18.9 Å². The summed E-state index contributed by atoms with van der Waals surface area (Å²) in [6.45, 7) is 5.80. The summed E-state index contributed by atoms with van der Waals surface area (Å²) in [7, 11) is 0. The van der Waals surface area contributed by atoms with Crippen LogP contribution in [0.5, 0.6) is 0 Å². The Morgan fingerprint density at radius 2 is 1.90 bits per heavy atom. The number of nitrogens with zero attached hydrogens (tertiary/aromatic N) is 5. The van der Waals surface area contributed by atoms with Gasteiger partial charge in [0.1, 0.15) is 5.82 Å². The molecule has 31 heavy (non-hydrogen) atoms. The van der Waals surface area contributed by atoms with Gasteiger partial charge >= 0.3 is 0 Å². The Balaban J connectivity index is 1.44. The Bertz CT molecular complexity index is 998. The van der Waals surface area contributed by atoms with Gasteiger partial charge in [-0.05, 0) is 31.2 Å². The van der Waals surface area contributed by atoms with E-state index in [4.69, 9.17) is 4.98 Å². The van der Waals surface area contributed by atoms with Crippen LogP contribution in [0.4, 0.5) is 0 Å². The lowest BCUT2D eigenvalue weighted by Crippen LogP contribution is -2.39. The molecule has 1 aromatic carbocycles. The predicted molar refractivity (Wildman–Crippen MR) is 121 cm³/mol. The van der Waals surface area contributed by atoms with Crippen molar-refractivity contribution in [3.05, 3.63) is 72.2 Å². The number of likely N-dealkylation sites (tertiary alicyclic amines) is 1. The first-order valence-electron chi connectivity index (χ1n) is 11.3. The van der Waals surface area contributed by atoms with Gasteiger partial charge in [-0.3, -0.25) is 14.3 Å². The van der Waals surface area contributed by atoms with Crippen molar-refractivity contribution < 1.29 is 4.79 Å². The van der Waals surface area contributed by atoms with Crippen LogP contribution in [0.3, 0.4) is 0 Å². The van der Waals surface area contributed by atoms with Crippen molar-refractivity contribution in [1.82, 2.24) is 24.4 Å². The molecule has 162 valence electrons. The minimum Gasteiger partial charge on any atom is -0.342 e. The van der Waals surface area contributed by atoms with Gasteiger partial charge in [0.15, 0.2) is 5.82 Å². The van der Waals surface area contributed by atoms with Crippen molar-refractivity contribution in [3.63, 3.8) is 0 Å². The zero-order valence-corrected chi connectivity index (χ0v) is 18.4. The van der Waals surface area contributed by atoms with Gasteiger partial charge in [-0.15, -0.1) is 0 Å². The molecule has 0 unspecified atom stereocenters. The summed E-state index contributed by atoms with van der Waals surface area (Å²) in [5.74, 6) is 2.55. The maximum Gasteiger partial charge on any atom is 0.222 e. The molecule has 1 aliphatic rings. The van der Waals surface area contributed by atoms with E-state index in [-0.39, 0.29) is 11.8 Å². The van der Waals surface area contributed by atoms with Gasteiger partial charge in [-0.1, -0.05) is 44.2 Å². The maximum atomic E-state index is 12.9. The normalized spacial score (nSPS) is 16.6. The first kappa shape index (κ1) is 21.2. The standard InChI is InChI=1S/C25H31N5O/c1-19(2)24-28-15-17-30(24)25-23(26-13-14-27-25)21-11-7-16-29(18-21)22(31)12-6-10-20-8-4-3-5-9-20/h3-5,8-9,13-15,17,19,21H,6-7,10-12,16,18H2,1-2H3/t21-/m0/s1. The number of amides is 1. The monoisotopic (exact) mass is 417 g/mol. The molecular weight excluding hydrogens is 386 g/mol. The molecule has 1 fully saturated rings. The lowest BCUT2D eigenvalue weighted by Gasteiger charge is -2.33. The summed E-state index contributed by atoms with van der Waals surface area (Å²) in [4.78, 5) is 28.8. The van der Waals surface area contributed by atoms with Gasteiger partial charge in [-0.2, -0.15) is 0 Å². The number of carbonyl (C=O) groups excluding carboxylic acids is 1. The summed E-state index contributed by atoms with van der Waals surface area (Å²) < 4.78 is 2.05. The second-order valence-corrected chi connectivity index (χ2v) is 8.59. The Morgan fingerprint density at radius 3 is 2.71 bits per heavy atom. The zero-order valence-electron chi connectivity index (χ0n) is 18.4. The van der Waals surface area contributed by atoms with Gasteiger partial charge < -0.3 is 4.90 Å². The molecule has 0 radical (unpaired) electrons. The number of aryl methyl sites for hydroxylation is 1. The van der Waals surface area contributed by atoms with E-state index >= 15 is 0 Å². The molecular formula is C25H31N5O. The van der Waals surface area contributed by atoms with Crippen molar-refractivity contribution >= 4 is 5.91 Å². The minimum absolute atomic E-state index is 0.193. The summed E-state index contributed by atoms with van der Waals surface area (Å²) >= 11 is 0. The molecule has 6 nitrogen and oxygen atoms in total. The fourth-order valence-electron chi connectivity index (χ4n) is 4.41. The van der Waals surface area contributed by atoms with Crippen LogP contribution in [0, 0.1) is 0 Å². The average Bonchev–Trinajstić information content (AvgIpc) is 3.30. The molecule has 1 atom stereocenters. The van der Waals surface area contributed by atoms with Crippen LogP contribution in [-0.4, -0.2) is 43.4 Å². The van der Waals surface area contributed by atoms with E-state index in [9.17, 15) is 4.79 Å². The van der Waals surface area contributed by atoms with E-state index in [1.807, 2.05) is 27.9 Å². The number of hydrogen-bond acceptors (Lipinski definition) is 4. The molecule has 4 rings (SSSR count). The van der Waals surface area contributed by atoms with E-state index in [1.54, 1.807) is 12.4 Å². The SMILES string of the molecule is CC(C)c1nccn1-c1nccnc1[C@H]1CCCN(C(=O)CCCc2ccccc2)C1. The van der Waals surface area contributed by atoms with E-state index in [2.05, 4.69) is 48.1 Å². The fourth-order valence-corrected chi connectivity index (χ4v) is 4.41. The average molecular weight is 418 g/mol. The molecule has 1 amide bonds. The number of rotatable bonds is 7. The molecule has 1 aliphatic heterocycles. The maximum absolute atomic E-state index is 12.9. The van der Waals surface area contributed by atoms with Gasteiger partial charge in [0.25, 0.3) is 0 Å². The summed E-state index contributed by atoms with van der Waals surface area (Å²) in [6.07, 6.45) is 11.7. The Labute approximate surface area is 184 Å². The molecule has 2 aromatic heterocycles. The van der Waals surface area contributed by atoms with Crippen molar-refractivity contribution in [2.45, 2.75) is 57.8 Å². The molecule has 0 aliphatic carbocycles. The second kappa shape index (κ2) is 9.86. The summed E-state index contributed by atoms with van der Waals surface area (Å²) in [5, 5.41) is 0. The number of piperidine rings is 1. The predicted octanol–water partition coefficient (Wildman–Crippen LogP) is 4.51. The van der Waals surface area contributed by atoms with Crippen LogP contribution in [-0.2, 0) is 11.2 Å². The summed E-state index contributed by atoms with van der Waals surface area (Å²) in [6, 6.07) is 10.4. The van der Waals surface area contributed by atoms with E-state index < -0.39 is 0 Å². The van der Waals surface area contributed by atoms with E-state index in [0.717, 1.165) is 49.6 Å². The van der Waals surface area contributed by atoms with Gasteiger partial charge in [0.2, 0.25) is 5.91 Å². The molecule has 3 heterocycles. The third-order valence-electron chi connectivity index (χ3n) is 5.98. The first-order valence-corrected chi connectivity index (χ1v) is 11.3. The van der Waals surface area contributed by atoms with Crippen molar-refractivity contribution in [2.24, 2.45) is 0 Å². The highest BCUT2D eigenvalue weighted by atomic mass is 16.2. The molecule has 1 saturated heterocycles. The van der Waals surface area contributed by atoms with Gasteiger partial charge in [0, 0.05) is 56.1 Å². The Kier molecular flexibility index (Phi) is 6.75. The molecule has 0 spiro atoms. The van der Waals surface area contributed by atoms with Crippen LogP contribution in [0.2, 0.25) is 0 Å². The highest BCUT2D eigenvalue weighted by molar-refractivity contribution is 5.76. The largest absolute Gasteiger partial charge is 0.342 e. The number of benzene rings is 1. The quantitative estimate of drug-likeness (QED) is 0.567. The number of hydrogen-bond donors (Lipinski definition) is 0. The van der Waals surface area contributed by atoms with Crippen molar-refractivity contribution in [3.8, 4) is 5.82 Å². The molecule has 3 aromatic rings. The molecule has 0 bridgehead atoms. The fraction of sp³-hybridized carbons (Fsp3) is 0.440. The van der Waals surface area contributed by atoms with Crippen LogP contribution in [0.15, 0.2) is 55.1 Å². The smallest absolute Gasteiger partial charge is 0.222 e. The number of carbonyl (C=O) groups is 1. The van der Waals surface area contributed by atoms with Crippen LogP contribution >= 0.6 is 0 Å². The van der Waals surface area contributed by atoms with Crippen molar-refractivity contribution in [2.75, 3.05) is 13.1 Å². The molecule has 0 saturated carbocycles. The van der Waals surface area contributed by atoms with E-state index in [1.165, 1.54) is 5.56 Å². The first-order chi connectivity index (χ1) is 15.1. The Hall–Kier alpha value is -3.02. The third kappa shape index (κ3) is 5.01. The Morgan fingerprint density at radius 1 is 1.10 bits per heavy atom. The van der Waals surface area contributed by atoms with Gasteiger partial charge in [-0.25, -0.2) is 9.97 Å². The van der Waals surface area contributed by atoms with Crippen molar-refractivity contribution in [1.29, 1.82) is 0 Å². The molecule has 6 heteroatoms. The van der Waals surface area contributed by atoms with Crippen LogP contribution in [0.1, 0.15) is 68.4 Å². The minimum atomic E-state index is 0.193. The second-order valence-electron chi connectivity index (χ2n) is 8.59. The highest BCUT2D eigenvalue weighted by Gasteiger charge is 2.28. The van der Waals surface area contributed by atoms with Crippen LogP contribution < -0.4 is 0 Å². The van der Waals surface area contributed by atoms with Crippen LogP contribution in [0.25, 0.3) is 5.82 Å². The van der Waals surface area contributed by atoms with Gasteiger partial charge in [0.05, 0.1) is 5.69 Å². The number of imidazole rings is 1. The zero-order chi connectivity index (χ0) is 21.6. The number of aromatic nitrogens is 4. The summed E-state index contributed by atoms with van der Waals surface area (Å²) in [5.41, 5.74) is 2.25.